The lowest BCUT2D eigenvalue weighted by atomic mass is 10.2. The van der Waals surface area contributed by atoms with Crippen molar-refractivity contribution < 1.29 is 13.3 Å². The van der Waals surface area contributed by atoms with E-state index in [-0.39, 0.29) is 0 Å². The topological polar surface area (TPSA) is 65.7 Å². The summed E-state index contributed by atoms with van der Waals surface area (Å²) >= 11 is 0. The average Bonchev–Trinajstić information content (AvgIpc) is 2.46. The summed E-state index contributed by atoms with van der Waals surface area (Å²) in [5, 5.41) is 3.41. The van der Waals surface area contributed by atoms with Crippen molar-refractivity contribution in [2.24, 2.45) is 5.73 Å². The number of nitrogens with one attached hydrogen (secondary N) is 1. The van der Waals surface area contributed by atoms with E-state index in [1.807, 2.05) is 20.8 Å². The van der Waals surface area contributed by atoms with Crippen LogP contribution in [0.25, 0.3) is 0 Å². The molecule has 0 amide bonds. The van der Waals surface area contributed by atoms with E-state index < -0.39 is 8.80 Å². The third kappa shape index (κ3) is 11.3. The molecule has 0 aromatic rings. The van der Waals surface area contributed by atoms with Crippen LogP contribution >= 0.6 is 0 Å². The highest BCUT2D eigenvalue weighted by Gasteiger charge is 2.39. The molecule has 0 aromatic carbocycles. The van der Waals surface area contributed by atoms with Gasteiger partial charge in [0.2, 0.25) is 0 Å². The second kappa shape index (κ2) is 14.9. The van der Waals surface area contributed by atoms with Crippen molar-refractivity contribution in [1.29, 1.82) is 0 Å². The lowest BCUT2D eigenvalue weighted by molar-refractivity contribution is 0.0706. The van der Waals surface area contributed by atoms with E-state index in [1.165, 1.54) is 19.3 Å². The molecule has 21 heavy (non-hydrogen) atoms. The minimum atomic E-state index is -2.41. The molecule has 0 aromatic heterocycles. The van der Waals surface area contributed by atoms with Crippen molar-refractivity contribution in [2.75, 3.05) is 39.5 Å². The largest absolute Gasteiger partial charge is 0.500 e. The molecule has 0 saturated carbocycles. The molecular formula is C15H36N2O3Si. The average molecular weight is 321 g/mol. The van der Waals surface area contributed by atoms with Crippen molar-refractivity contribution in [2.45, 2.75) is 58.9 Å². The van der Waals surface area contributed by atoms with Gasteiger partial charge in [-0.3, -0.25) is 0 Å². The Labute approximate surface area is 132 Å². The van der Waals surface area contributed by atoms with Crippen molar-refractivity contribution in [3.8, 4) is 0 Å². The number of nitrogens with two attached hydrogens (primary N) is 1. The highest BCUT2D eigenvalue weighted by molar-refractivity contribution is 6.60. The lowest BCUT2D eigenvalue weighted by Crippen LogP contribution is -2.45. The van der Waals surface area contributed by atoms with E-state index in [9.17, 15) is 0 Å². The van der Waals surface area contributed by atoms with Gasteiger partial charge in [-0.05, 0) is 59.7 Å². The number of hydrogen-bond acceptors (Lipinski definition) is 5. The van der Waals surface area contributed by atoms with Gasteiger partial charge in [0.25, 0.3) is 0 Å². The molecule has 0 aliphatic rings. The third-order valence-electron chi connectivity index (χ3n) is 3.24. The van der Waals surface area contributed by atoms with E-state index in [0.29, 0.717) is 19.8 Å². The summed E-state index contributed by atoms with van der Waals surface area (Å²) in [7, 11) is -2.41. The van der Waals surface area contributed by atoms with Gasteiger partial charge >= 0.3 is 8.80 Å². The number of hydrogen-bond donors (Lipinski definition) is 2. The summed E-state index contributed by atoms with van der Waals surface area (Å²) in [6, 6.07) is 0.934. The van der Waals surface area contributed by atoms with Crippen LogP contribution in [-0.4, -0.2) is 48.3 Å². The second-order valence-corrected chi connectivity index (χ2v) is 7.77. The fraction of sp³-hybridized carbons (Fsp3) is 1.00. The summed E-state index contributed by atoms with van der Waals surface area (Å²) in [6.45, 7) is 10.9. The first-order valence-corrected chi connectivity index (χ1v) is 10.5. The standard InChI is InChI=1S/C15H36N2O3Si/c1-4-18-21(19-5-2,20-6-3)15-10-8-7-9-13-17-14-11-12-16/h17H,4-16H2,1-3H3. The van der Waals surface area contributed by atoms with Gasteiger partial charge in [0.15, 0.2) is 0 Å². The maximum Gasteiger partial charge on any atom is 0.500 e. The summed E-state index contributed by atoms with van der Waals surface area (Å²) < 4.78 is 17.6. The Bertz CT molecular complexity index is 204. The molecule has 0 aliphatic heterocycles. The van der Waals surface area contributed by atoms with Crippen LogP contribution in [0.1, 0.15) is 52.9 Å². The molecule has 6 heteroatoms. The SMILES string of the molecule is CCO[Si](CCCCCCNCCCN)(OCC)OCC. The first-order chi connectivity index (χ1) is 10.2. The minimum Gasteiger partial charge on any atom is -0.374 e. The zero-order valence-corrected chi connectivity index (χ0v) is 15.3. The van der Waals surface area contributed by atoms with Crippen LogP contribution in [0.5, 0.6) is 0 Å². The van der Waals surface area contributed by atoms with Gasteiger partial charge in [0, 0.05) is 25.9 Å². The quantitative estimate of drug-likeness (QED) is 0.338. The smallest absolute Gasteiger partial charge is 0.374 e. The molecule has 5 nitrogen and oxygen atoms in total. The molecule has 0 radical (unpaired) electrons. The molecule has 0 atom stereocenters. The molecule has 3 N–H and O–H groups in total. The highest BCUT2D eigenvalue weighted by Crippen LogP contribution is 2.20. The second-order valence-electron chi connectivity index (χ2n) is 5.04. The van der Waals surface area contributed by atoms with Gasteiger partial charge < -0.3 is 24.3 Å². The molecule has 0 rings (SSSR count). The first-order valence-electron chi connectivity index (χ1n) is 8.57. The molecule has 0 aliphatic carbocycles. The summed E-state index contributed by atoms with van der Waals surface area (Å²) in [5.41, 5.74) is 5.45. The normalized spacial score (nSPS) is 12.0. The number of rotatable bonds is 16. The van der Waals surface area contributed by atoms with Crippen LogP contribution in [0.3, 0.4) is 0 Å². The van der Waals surface area contributed by atoms with Crippen LogP contribution in [0.4, 0.5) is 0 Å². The van der Waals surface area contributed by atoms with E-state index in [0.717, 1.165) is 38.5 Å². The van der Waals surface area contributed by atoms with Gasteiger partial charge in [-0.25, -0.2) is 0 Å². The van der Waals surface area contributed by atoms with E-state index in [4.69, 9.17) is 19.0 Å². The summed E-state index contributed by atoms with van der Waals surface area (Å²) in [4.78, 5) is 0. The molecule has 0 unspecified atom stereocenters. The van der Waals surface area contributed by atoms with Crippen molar-refractivity contribution in [1.82, 2.24) is 5.32 Å². The van der Waals surface area contributed by atoms with Gasteiger partial charge in [-0.1, -0.05) is 12.8 Å². The van der Waals surface area contributed by atoms with E-state index in [2.05, 4.69) is 5.32 Å². The molecule has 0 spiro atoms. The Hall–Kier alpha value is 0.0169. The predicted molar refractivity (Wildman–Crippen MR) is 90.4 cm³/mol. The maximum atomic E-state index is 5.85. The van der Waals surface area contributed by atoms with Crippen LogP contribution in [0, 0.1) is 0 Å². The Kier molecular flexibility index (Phi) is 14.9. The van der Waals surface area contributed by atoms with Crippen LogP contribution < -0.4 is 11.1 Å². The van der Waals surface area contributed by atoms with Crippen LogP contribution in [0.15, 0.2) is 0 Å². The predicted octanol–water partition coefficient (Wildman–Crippen LogP) is 2.53. The fourth-order valence-electron chi connectivity index (χ4n) is 2.30. The maximum absolute atomic E-state index is 5.85. The Balaban J connectivity index is 3.76. The summed E-state index contributed by atoms with van der Waals surface area (Å²) in [5.74, 6) is 0. The Morgan fingerprint density at radius 2 is 1.29 bits per heavy atom. The minimum absolute atomic E-state index is 0.664. The monoisotopic (exact) mass is 320 g/mol. The molecule has 0 saturated heterocycles. The number of unbranched alkanes of at least 4 members (excludes halogenated alkanes) is 3. The molecular weight excluding hydrogens is 284 g/mol. The van der Waals surface area contributed by atoms with Gasteiger partial charge in [-0.2, -0.15) is 0 Å². The Morgan fingerprint density at radius 1 is 0.762 bits per heavy atom. The van der Waals surface area contributed by atoms with Crippen molar-refractivity contribution in [3.63, 3.8) is 0 Å². The van der Waals surface area contributed by atoms with E-state index >= 15 is 0 Å². The highest BCUT2D eigenvalue weighted by atomic mass is 28.4. The van der Waals surface area contributed by atoms with Crippen LogP contribution in [-0.2, 0) is 13.3 Å². The van der Waals surface area contributed by atoms with Gasteiger partial charge in [-0.15, -0.1) is 0 Å². The molecule has 0 bridgehead atoms. The molecule has 0 fully saturated rings. The summed E-state index contributed by atoms with van der Waals surface area (Å²) in [6.07, 6.45) is 5.85. The van der Waals surface area contributed by atoms with Gasteiger partial charge in [0.1, 0.15) is 0 Å². The first kappa shape index (κ1) is 21.0. The van der Waals surface area contributed by atoms with Crippen molar-refractivity contribution in [3.05, 3.63) is 0 Å². The molecule has 128 valence electrons. The zero-order valence-electron chi connectivity index (χ0n) is 14.3. The van der Waals surface area contributed by atoms with Crippen molar-refractivity contribution >= 4 is 8.80 Å². The Morgan fingerprint density at radius 3 is 1.81 bits per heavy atom. The lowest BCUT2D eigenvalue weighted by Gasteiger charge is -2.28. The van der Waals surface area contributed by atoms with E-state index in [1.54, 1.807) is 0 Å². The van der Waals surface area contributed by atoms with Crippen LogP contribution in [0.2, 0.25) is 6.04 Å². The fourth-order valence-corrected chi connectivity index (χ4v) is 4.98. The molecule has 0 heterocycles. The van der Waals surface area contributed by atoms with Gasteiger partial charge in [0.05, 0.1) is 0 Å². The third-order valence-corrected chi connectivity index (χ3v) is 6.39. The zero-order chi connectivity index (χ0) is 15.8.